The molecule has 1 N–H and O–H groups in total. The van der Waals surface area contributed by atoms with Crippen LogP contribution >= 0.6 is 0 Å². The van der Waals surface area contributed by atoms with Crippen molar-refractivity contribution in [1.29, 1.82) is 0 Å². The van der Waals surface area contributed by atoms with Crippen LogP contribution in [0.15, 0.2) is 48.5 Å². The van der Waals surface area contributed by atoms with Crippen molar-refractivity contribution < 1.29 is 14.4 Å². The lowest BCUT2D eigenvalue weighted by Crippen LogP contribution is -2.49. The van der Waals surface area contributed by atoms with E-state index in [0.717, 1.165) is 41.7 Å². The van der Waals surface area contributed by atoms with Gasteiger partial charge in [0.25, 0.3) is 5.91 Å². The molecule has 1 atom stereocenters. The van der Waals surface area contributed by atoms with E-state index in [0.29, 0.717) is 17.7 Å². The number of rotatable bonds is 6. The van der Waals surface area contributed by atoms with E-state index < -0.39 is 17.5 Å². The van der Waals surface area contributed by atoms with E-state index in [-0.39, 0.29) is 18.5 Å². The van der Waals surface area contributed by atoms with Gasteiger partial charge in [-0.15, -0.1) is 0 Å². The maximum Gasteiger partial charge on any atom is 0.326 e. The summed E-state index contributed by atoms with van der Waals surface area (Å²) in [5, 5.41) is 2.96. The number of imide groups is 1. The van der Waals surface area contributed by atoms with Crippen LogP contribution in [0.3, 0.4) is 0 Å². The minimum Gasteiger partial charge on any atom is -0.338 e. The van der Waals surface area contributed by atoms with Gasteiger partial charge < -0.3 is 10.2 Å². The largest absolute Gasteiger partial charge is 0.338 e. The van der Waals surface area contributed by atoms with E-state index in [2.05, 4.69) is 5.32 Å². The molecule has 2 fully saturated rings. The van der Waals surface area contributed by atoms with Crippen LogP contribution in [0.4, 0.5) is 4.79 Å². The van der Waals surface area contributed by atoms with E-state index in [4.69, 9.17) is 0 Å². The standard InChI is InChI=1S/C27H33N3O3/c1-4-29(23-13-9-6-10-14-23)24(31)18-30-25(32)27(28-26(30)33,21-11-7-5-8-12-21)22-16-15-19(2)20(3)17-22/h5,7-8,11-12,15-17,23H,4,6,9-10,13-14,18H2,1-3H3,(H,28,33)/t27-/m0/s1. The lowest BCUT2D eigenvalue weighted by atomic mass is 9.81. The summed E-state index contributed by atoms with van der Waals surface area (Å²) in [5.74, 6) is -0.577. The van der Waals surface area contributed by atoms with Crippen LogP contribution in [0.1, 0.15) is 61.3 Å². The summed E-state index contributed by atoms with van der Waals surface area (Å²) in [7, 11) is 0. The van der Waals surface area contributed by atoms with Gasteiger partial charge in [0.05, 0.1) is 0 Å². The van der Waals surface area contributed by atoms with Crippen molar-refractivity contribution in [2.45, 2.75) is 64.5 Å². The highest BCUT2D eigenvalue weighted by molar-refractivity contribution is 6.11. The number of urea groups is 1. The number of hydrogen-bond donors (Lipinski definition) is 1. The second-order valence-corrected chi connectivity index (χ2v) is 9.21. The van der Waals surface area contributed by atoms with Crippen LogP contribution in [0.5, 0.6) is 0 Å². The van der Waals surface area contributed by atoms with Gasteiger partial charge in [-0.3, -0.25) is 14.5 Å². The Morgan fingerprint density at radius 3 is 2.33 bits per heavy atom. The Bertz CT molecular complexity index is 1050. The van der Waals surface area contributed by atoms with Gasteiger partial charge in [0.15, 0.2) is 5.54 Å². The molecule has 174 valence electrons. The Hall–Kier alpha value is -3.15. The van der Waals surface area contributed by atoms with Gasteiger partial charge in [-0.05, 0) is 55.9 Å². The molecular formula is C27H33N3O3. The molecule has 4 amide bonds. The molecule has 1 heterocycles. The number of nitrogens with zero attached hydrogens (tertiary/aromatic N) is 2. The van der Waals surface area contributed by atoms with Gasteiger partial charge in [0.1, 0.15) is 6.54 Å². The molecule has 0 radical (unpaired) electrons. The van der Waals surface area contributed by atoms with Gasteiger partial charge >= 0.3 is 6.03 Å². The highest BCUT2D eigenvalue weighted by Gasteiger charge is 2.54. The highest BCUT2D eigenvalue weighted by atomic mass is 16.2. The molecule has 0 aromatic heterocycles. The molecule has 2 aromatic rings. The maximum atomic E-state index is 13.9. The Labute approximate surface area is 196 Å². The third-order valence-corrected chi connectivity index (χ3v) is 7.22. The fourth-order valence-electron chi connectivity index (χ4n) is 5.20. The smallest absolute Gasteiger partial charge is 0.326 e. The zero-order chi connectivity index (χ0) is 23.6. The number of carbonyl (C=O) groups is 3. The van der Waals surface area contributed by atoms with Crippen LogP contribution in [-0.4, -0.2) is 46.8 Å². The van der Waals surface area contributed by atoms with Crippen molar-refractivity contribution in [2.24, 2.45) is 0 Å². The van der Waals surface area contributed by atoms with Crippen molar-refractivity contribution in [2.75, 3.05) is 13.1 Å². The molecule has 4 rings (SSSR count). The first-order valence-corrected chi connectivity index (χ1v) is 11.9. The Kier molecular flexibility index (Phi) is 6.54. The number of hydrogen-bond acceptors (Lipinski definition) is 3. The summed E-state index contributed by atoms with van der Waals surface area (Å²) < 4.78 is 0. The van der Waals surface area contributed by atoms with E-state index in [1.807, 2.05) is 74.2 Å². The third-order valence-electron chi connectivity index (χ3n) is 7.22. The minimum absolute atomic E-state index is 0.170. The maximum absolute atomic E-state index is 13.9. The van der Waals surface area contributed by atoms with E-state index in [1.165, 1.54) is 6.42 Å². The molecule has 33 heavy (non-hydrogen) atoms. The van der Waals surface area contributed by atoms with Crippen molar-refractivity contribution in [3.8, 4) is 0 Å². The van der Waals surface area contributed by atoms with Gasteiger partial charge in [0.2, 0.25) is 5.91 Å². The summed E-state index contributed by atoms with van der Waals surface area (Å²) in [4.78, 5) is 43.3. The normalized spacial score (nSPS) is 21.2. The fraction of sp³-hybridized carbons (Fsp3) is 0.444. The number of carbonyl (C=O) groups excluding carboxylic acids is 3. The fourth-order valence-corrected chi connectivity index (χ4v) is 5.20. The van der Waals surface area contributed by atoms with Gasteiger partial charge in [0, 0.05) is 12.6 Å². The van der Waals surface area contributed by atoms with Gasteiger partial charge in [-0.1, -0.05) is 67.8 Å². The van der Waals surface area contributed by atoms with Crippen molar-refractivity contribution in [3.63, 3.8) is 0 Å². The molecular weight excluding hydrogens is 414 g/mol. The number of nitrogens with one attached hydrogen (secondary N) is 1. The van der Waals surface area contributed by atoms with Crippen LogP contribution in [0, 0.1) is 13.8 Å². The second kappa shape index (κ2) is 9.38. The predicted molar refractivity (Wildman–Crippen MR) is 128 cm³/mol. The third kappa shape index (κ3) is 4.14. The second-order valence-electron chi connectivity index (χ2n) is 9.21. The monoisotopic (exact) mass is 447 g/mol. The first-order chi connectivity index (χ1) is 15.9. The van der Waals surface area contributed by atoms with Crippen molar-refractivity contribution >= 4 is 17.8 Å². The number of likely N-dealkylation sites (N-methyl/N-ethyl adjacent to an activating group) is 1. The molecule has 2 aromatic carbocycles. The van der Waals surface area contributed by atoms with Gasteiger partial charge in [-0.25, -0.2) is 4.79 Å². The van der Waals surface area contributed by atoms with Crippen molar-refractivity contribution in [3.05, 3.63) is 70.8 Å². The number of aryl methyl sites for hydroxylation is 2. The quantitative estimate of drug-likeness (QED) is 0.672. The van der Waals surface area contributed by atoms with E-state index in [9.17, 15) is 14.4 Å². The molecule has 6 nitrogen and oxygen atoms in total. The van der Waals surface area contributed by atoms with Crippen molar-refractivity contribution in [1.82, 2.24) is 15.1 Å². The molecule has 0 spiro atoms. The molecule has 2 aliphatic rings. The molecule has 0 bridgehead atoms. The first kappa shape index (κ1) is 23.0. The summed E-state index contributed by atoms with van der Waals surface area (Å²) in [6.45, 7) is 6.30. The number of amides is 4. The minimum atomic E-state index is -1.35. The van der Waals surface area contributed by atoms with Gasteiger partial charge in [-0.2, -0.15) is 0 Å². The average molecular weight is 448 g/mol. The Morgan fingerprint density at radius 1 is 1.00 bits per heavy atom. The number of benzene rings is 2. The lowest BCUT2D eigenvalue weighted by molar-refractivity contribution is -0.140. The lowest BCUT2D eigenvalue weighted by Gasteiger charge is -2.34. The summed E-state index contributed by atoms with van der Waals surface area (Å²) >= 11 is 0. The average Bonchev–Trinajstić information content (AvgIpc) is 3.08. The summed E-state index contributed by atoms with van der Waals surface area (Å²) in [6, 6.07) is 14.7. The van der Waals surface area contributed by atoms with Crippen LogP contribution in [0.2, 0.25) is 0 Å². The molecule has 0 unspecified atom stereocenters. The predicted octanol–water partition coefficient (Wildman–Crippen LogP) is 4.28. The zero-order valence-electron chi connectivity index (χ0n) is 19.8. The summed E-state index contributed by atoms with van der Waals surface area (Å²) in [6.07, 6.45) is 5.39. The Morgan fingerprint density at radius 2 is 1.70 bits per heavy atom. The van der Waals surface area contributed by atoms with Crippen LogP contribution in [-0.2, 0) is 15.1 Å². The highest BCUT2D eigenvalue weighted by Crippen LogP contribution is 2.37. The molecule has 1 saturated carbocycles. The molecule has 6 heteroatoms. The molecule has 1 saturated heterocycles. The molecule has 1 aliphatic heterocycles. The zero-order valence-corrected chi connectivity index (χ0v) is 19.8. The topological polar surface area (TPSA) is 69.7 Å². The van der Waals surface area contributed by atoms with E-state index >= 15 is 0 Å². The SMILES string of the molecule is CCN(C(=O)CN1C(=O)N[C@@](c2ccccc2)(c2ccc(C)c(C)c2)C1=O)C1CCCCC1. The molecule has 1 aliphatic carbocycles. The van der Waals surface area contributed by atoms with E-state index in [1.54, 1.807) is 0 Å². The Balaban J connectivity index is 1.68. The first-order valence-electron chi connectivity index (χ1n) is 11.9. The van der Waals surface area contributed by atoms with Crippen LogP contribution in [0.25, 0.3) is 0 Å². The van der Waals surface area contributed by atoms with Crippen LogP contribution < -0.4 is 5.32 Å². The summed E-state index contributed by atoms with van der Waals surface area (Å²) in [5.41, 5.74) is 2.18.